The van der Waals surface area contributed by atoms with Crippen LogP contribution in [0.15, 0.2) is 12.2 Å². The molecule has 2 heterocycles. The first-order valence-electron chi connectivity index (χ1n) is 6.38. The number of hydroxylamine groups is 2. The largest absolute Gasteiger partial charge is 0.525 e. The number of alkyl halides is 3. The van der Waals surface area contributed by atoms with Crippen molar-refractivity contribution in [1.29, 1.82) is 0 Å². The summed E-state index contributed by atoms with van der Waals surface area (Å²) in [6.07, 6.45) is 3.09. The molecule has 6 unspecified atom stereocenters. The fraction of sp³-hybridized carbons (Fsp3) is 0.727. The Labute approximate surface area is 117 Å². The zero-order valence-corrected chi connectivity index (χ0v) is 11.2. The molecule has 6 nitrogen and oxygen atoms in total. The summed E-state index contributed by atoms with van der Waals surface area (Å²) < 4.78 is 68.5. The Balaban J connectivity index is 1.62. The summed E-state index contributed by atoms with van der Waals surface area (Å²) in [4.78, 5) is 12.3. The van der Waals surface area contributed by atoms with Crippen LogP contribution in [0.1, 0.15) is 6.42 Å². The number of rotatable bonds is 2. The first-order chi connectivity index (χ1) is 9.71. The summed E-state index contributed by atoms with van der Waals surface area (Å²) in [7, 11) is -5.87. The SMILES string of the molecule is O=C1C2C3C=CC(C3)C2C2OC2N1OS(=O)(=O)C(F)(F)F. The molecule has 0 aromatic carbocycles. The summed E-state index contributed by atoms with van der Waals surface area (Å²) in [6.45, 7) is 0. The minimum Gasteiger partial charge on any atom is -0.345 e. The van der Waals surface area contributed by atoms with Crippen molar-refractivity contribution in [3.8, 4) is 0 Å². The summed E-state index contributed by atoms with van der Waals surface area (Å²) in [5.74, 6) is -1.32. The molecule has 4 aliphatic rings. The Bertz CT molecular complexity index is 645. The first-order valence-corrected chi connectivity index (χ1v) is 7.79. The lowest BCUT2D eigenvalue weighted by atomic mass is 9.78. The van der Waals surface area contributed by atoms with Crippen LogP contribution >= 0.6 is 0 Å². The van der Waals surface area contributed by atoms with Gasteiger partial charge in [0.15, 0.2) is 6.23 Å². The third-order valence-electron chi connectivity index (χ3n) is 4.60. The number of carbonyl (C=O) groups excluding carboxylic acids is 1. The lowest BCUT2D eigenvalue weighted by Crippen LogP contribution is -2.51. The number of fused-ring (bicyclic) bond motifs is 7. The van der Waals surface area contributed by atoms with E-state index in [0.29, 0.717) is 0 Å². The van der Waals surface area contributed by atoms with Crippen molar-refractivity contribution >= 4 is 16.0 Å². The van der Waals surface area contributed by atoms with Gasteiger partial charge < -0.3 is 4.74 Å². The number of ether oxygens (including phenoxy) is 1. The predicted molar refractivity (Wildman–Crippen MR) is 59.3 cm³/mol. The Morgan fingerprint density at radius 3 is 2.62 bits per heavy atom. The Morgan fingerprint density at radius 2 is 1.95 bits per heavy atom. The number of halogens is 3. The standard InChI is InChI=1S/C11H10F3NO5S/c12-11(13,14)21(17,18)20-15-9(16)7-5-2-1-4(3-5)6(7)8-10(15)19-8/h1-2,4-8,10H,3H2. The molecule has 10 heteroatoms. The Hall–Kier alpha value is -1.13. The van der Waals surface area contributed by atoms with Gasteiger partial charge in [0.2, 0.25) is 0 Å². The van der Waals surface area contributed by atoms with E-state index in [-0.39, 0.29) is 22.8 Å². The van der Waals surface area contributed by atoms with Crippen LogP contribution in [0.5, 0.6) is 0 Å². The van der Waals surface area contributed by atoms with Gasteiger partial charge in [0.05, 0.1) is 5.92 Å². The van der Waals surface area contributed by atoms with Crippen molar-refractivity contribution in [2.45, 2.75) is 24.3 Å². The molecule has 4 rings (SSSR count). The van der Waals surface area contributed by atoms with Crippen molar-refractivity contribution in [2.24, 2.45) is 23.7 Å². The summed E-state index contributed by atoms with van der Waals surface area (Å²) in [6, 6.07) is 0. The minimum atomic E-state index is -5.87. The number of hydrogen-bond donors (Lipinski definition) is 0. The van der Waals surface area contributed by atoms with Crippen LogP contribution in [-0.4, -0.2) is 37.2 Å². The van der Waals surface area contributed by atoms with Crippen LogP contribution in [0.25, 0.3) is 0 Å². The predicted octanol–water partition coefficient (Wildman–Crippen LogP) is 0.773. The fourth-order valence-corrected chi connectivity index (χ4v) is 4.19. The van der Waals surface area contributed by atoms with Gasteiger partial charge in [0, 0.05) is 5.92 Å². The fourth-order valence-electron chi connectivity index (χ4n) is 3.74. The third-order valence-corrected chi connectivity index (χ3v) is 5.52. The highest BCUT2D eigenvalue weighted by atomic mass is 32.2. The van der Waals surface area contributed by atoms with Gasteiger partial charge in [-0.1, -0.05) is 12.2 Å². The maximum absolute atomic E-state index is 12.4. The maximum Gasteiger partial charge on any atom is 0.525 e. The van der Waals surface area contributed by atoms with Gasteiger partial charge in [-0.05, 0) is 18.3 Å². The van der Waals surface area contributed by atoms with E-state index < -0.39 is 39.8 Å². The van der Waals surface area contributed by atoms with Gasteiger partial charge in [-0.15, -0.1) is 4.28 Å². The number of allylic oxidation sites excluding steroid dienone is 2. The highest BCUT2D eigenvalue weighted by molar-refractivity contribution is 7.87. The van der Waals surface area contributed by atoms with E-state index in [2.05, 4.69) is 4.28 Å². The highest BCUT2D eigenvalue weighted by Gasteiger charge is 2.68. The third kappa shape index (κ3) is 1.72. The molecule has 0 aromatic rings. The Morgan fingerprint density at radius 1 is 1.29 bits per heavy atom. The van der Waals surface area contributed by atoms with E-state index in [1.165, 1.54) is 0 Å². The summed E-state index contributed by atoms with van der Waals surface area (Å²) in [5, 5.41) is 0.253. The van der Waals surface area contributed by atoms with Gasteiger partial charge in [-0.3, -0.25) is 4.79 Å². The number of carbonyl (C=O) groups is 1. The molecule has 2 aliphatic carbocycles. The number of amides is 1. The molecule has 6 atom stereocenters. The van der Waals surface area contributed by atoms with Crippen molar-refractivity contribution in [1.82, 2.24) is 5.06 Å². The van der Waals surface area contributed by atoms with Crippen LogP contribution in [0.2, 0.25) is 0 Å². The van der Waals surface area contributed by atoms with Crippen molar-refractivity contribution in [3.05, 3.63) is 12.2 Å². The van der Waals surface area contributed by atoms with E-state index >= 15 is 0 Å². The van der Waals surface area contributed by atoms with E-state index in [1.807, 2.05) is 12.2 Å². The number of epoxide rings is 1. The van der Waals surface area contributed by atoms with Crippen molar-refractivity contribution < 1.29 is 35.4 Å². The zero-order valence-electron chi connectivity index (χ0n) is 10.4. The second-order valence-electron chi connectivity index (χ2n) is 5.68. The number of piperidine rings is 1. The van der Waals surface area contributed by atoms with Crippen molar-refractivity contribution in [3.63, 3.8) is 0 Å². The van der Waals surface area contributed by atoms with Crippen LogP contribution in [-0.2, 0) is 23.9 Å². The van der Waals surface area contributed by atoms with Crippen LogP contribution in [0.3, 0.4) is 0 Å². The maximum atomic E-state index is 12.4. The van der Waals surface area contributed by atoms with Crippen molar-refractivity contribution in [2.75, 3.05) is 0 Å². The van der Waals surface area contributed by atoms with Gasteiger partial charge in [0.25, 0.3) is 5.91 Å². The molecule has 2 aliphatic heterocycles. The second-order valence-corrected chi connectivity index (χ2v) is 7.20. The molecule has 3 fully saturated rings. The second kappa shape index (κ2) is 3.79. The van der Waals surface area contributed by atoms with E-state index in [0.717, 1.165) is 6.42 Å². The lowest BCUT2D eigenvalue weighted by Gasteiger charge is -2.33. The van der Waals surface area contributed by atoms with Gasteiger partial charge in [-0.25, -0.2) is 0 Å². The van der Waals surface area contributed by atoms with Crippen LogP contribution in [0.4, 0.5) is 13.2 Å². The van der Waals surface area contributed by atoms with Crippen LogP contribution in [0, 0.1) is 23.7 Å². The molecular formula is C11H10F3NO5S. The monoisotopic (exact) mass is 325 g/mol. The highest BCUT2D eigenvalue weighted by Crippen LogP contribution is 2.58. The molecule has 2 saturated heterocycles. The Kier molecular flexibility index (Phi) is 2.44. The molecule has 0 spiro atoms. The molecule has 0 N–H and O–H groups in total. The number of nitrogens with zero attached hydrogens (tertiary/aromatic N) is 1. The van der Waals surface area contributed by atoms with Gasteiger partial charge in [0.1, 0.15) is 6.10 Å². The summed E-state index contributed by atoms with van der Waals surface area (Å²) >= 11 is 0. The molecule has 1 amide bonds. The first kappa shape index (κ1) is 13.5. The topological polar surface area (TPSA) is 76.2 Å². The zero-order chi connectivity index (χ0) is 15.2. The molecular weight excluding hydrogens is 315 g/mol. The molecule has 116 valence electrons. The summed E-state index contributed by atoms with van der Waals surface area (Å²) in [5.41, 5.74) is -5.58. The van der Waals surface area contributed by atoms with E-state index in [9.17, 15) is 26.4 Å². The van der Waals surface area contributed by atoms with Gasteiger partial charge in [-0.2, -0.15) is 26.7 Å². The quantitative estimate of drug-likeness (QED) is 0.426. The molecule has 1 saturated carbocycles. The smallest absolute Gasteiger partial charge is 0.345 e. The van der Waals surface area contributed by atoms with Gasteiger partial charge >= 0.3 is 15.6 Å². The normalized spacial score (nSPS) is 44.0. The lowest BCUT2D eigenvalue weighted by molar-refractivity contribution is -0.178. The molecule has 2 bridgehead atoms. The molecule has 21 heavy (non-hydrogen) atoms. The van der Waals surface area contributed by atoms with E-state index in [4.69, 9.17) is 4.74 Å². The van der Waals surface area contributed by atoms with Crippen LogP contribution < -0.4 is 0 Å². The van der Waals surface area contributed by atoms with E-state index in [1.54, 1.807) is 0 Å². The average molecular weight is 325 g/mol. The average Bonchev–Trinajstić information content (AvgIpc) is 2.88. The number of hydrogen-bond acceptors (Lipinski definition) is 5. The minimum absolute atomic E-state index is 0.0858. The molecule has 0 radical (unpaired) electrons. The molecule has 0 aromatic heterocycles.